The summed E-state index contributed by atoms with van der Waals surface area (Å²) >= 11 is 0. The zero-order valence-corrected chi connectivity index (χ0v) is 14.2. The fraction of sp³-hybridized carbons (Fsp3) is 0.0952. The number of fused-ring (bicyclic) bond motifs is 1. The van der Waals surface area contributed by atoms with Gasteiger partial charge in [-0.05, 0) is 41.5 Å². The number of nitrogens with one attached hydrogen (secondary N) is 1. The van der Waals surface area contributed by atoms with Gasteiger partial charge in [0.05, 0.1) is 30.9 Å². The number of rotatable bonds is 5. The van der Waals surface area contributed by atoms with Crippen molar-refractivity contribution in [3.05, 3.63) is 77.7 Å². The van der Waals surface area contributed by atoms with Crippen molar-refractivity contribution in [3.63, 3.8) is 0 Å². The van der Waals surface area contributed by atoms with Crippen molar-refractivity contribution in [2.45, 2.75) is 6.42 Å². The van der Waals surface area contributed by atoms with Gasteiger partial charge in [0.15, 0.2) is 0 Å². The Morgan fingerprint density at radius 2 is 2.08 bits per heavy atom. The Kier molecular flexibility index (Phi) is 3.97. The summed E-state index contributed by atoms with van der Waals surface area (Å²) in [5.74, 6) is -0.150. The smallest absolute Gasteiger partial charge is 0.335 e. The molecule has 0 radical (unpaired) electrons. The molecule has 0 saturated carbocycles. The number of carboxylic acid groups (broad SMARTS) is 1. The van der Waals surface area contributed by atoms with E-state index in [4.69, 9.17) is 9.15 Å². The van der Waals surface area contributed by atoms with Crippen LogP contribution in [-0.4, -0.2) is 23.2 Å². The van der Waals surface area contributed by atoms with Gasteiger partial charge in [-0.3, -0.25) is 0 Å². The second-order valence-corrected chi connectivity index (χ2v) is 6.08. The zero-order chi connectivity index (χ0) is 18.1. The summed E-state index contributed by atoms with van der Waals surface area (Å²) in [5.41, 5.74) is 5.18. The molecule has 0 aliphatic carbocycles. The number of carboxylic acids is 1. The van der Waals surface area contributed by atoms with Gasteiger partial charge in [-0.25, -0.2) is 4.79 Å². The fourth-order valence-corrected chi connectivity index (χ4v) is 3.22. The molecule has 0 spiro atoms. The second kappa shape index (κ2) is 6.44. The minimum absolute atomic E-state index is 0.286. The molecule has 130 valence electrons. The number of furan rings is 1. The maximum absolute atomic E-state index is 11.3. The average Bonchev–Trinajstić information content (AvgIpc) is 3.29. The summed E-state index contributed by atoms with van der Waals surface area (Å²) in [5, 5.41) is 10.3. The lowest BCUT2D eigenvalue weighted by atomic mass is 9.98. The number of methoxy groups -OCH3 is 1. The standard InChI is InChI=1S/C21H17NO4/c1-25-16-5-6-17-18(10-13-3-2-4-14(9-13)21(23)24)20(22-19(17)11-16)15-7-8-26-12-15/h2-9,11-12,22H,10H2,1H3,(H,23,24). The molecule has 5 nitrogen and oxygen atoms in total. The summed E-state index contributed by atoms with van der Waals surface area (Å²) in [6, 6.07) is 14.8. The highest BCUT2D eigenvalue weighted by Gasteiger charge is 2.16. The van der Waals surface area contributed by atoms with E-state index < -0.39 is 5.97 Å². The molecule has 0 amide bonds. The van der Waals surface area contributed by atoms with Crippen molar-refractivity contribution < 1.29 is 19.1 Å². The van der Waals surface area contributed by atoms with Crippen molar-refractivity contribution in [1.29, 1.82) is 0 Å². The van der Waals surface area contributed by atoms with Gasteiger partial charge in [0.25, 0.3) is 0 Å². The van der Waals surface area contributed by atoms with Crippen LogP contribution >= 0.6 is 0 Å². The van der Waals surface area contributed by atoms with Gasteiger partial charge in [-0.1, -0.05) is 12.1 Å². The highest BCUT2D eigenvalue weighted by molar-refractivity contribution is 5.92. The predicted molar refractivity (Wildman–Crippen MR) is 98.8 cm³/mol. The first-order valence-electron chi connectivity index (χ1n) is 8.19. The van der Waals surface area contributed by atoms with E-state index in [0.717, 1.165) is 39.0 Å². The highest BCUT2D eigenvalue weighted by Crippen LogP contribution is 2.34. The first-order valence-corrected chi connectivity index (χ1v) is 8.19. The summed E-state index contributed by atoms with van der Waals surface area (Å²) in [7, 11) is 1.64. The molecule has 0 fully saturated rings. The van der Waals surface area contributed by atoms with Crippen LogP contribution in [0.15, 0.2) is 65.5 Å². The lowest BCUT2D eigenvalue weighted by Crippen LogP contribution is -1.98. The number of benzene rings is 2. The van der Waals surface area contributed by atoms with E-state index >= 15 is 0 Å². The van der Waals surface area contributed by atoms with Gasteiger partial charge in [0, 0.05) is 29.0 Å². The number of hydrogen-bond donors (Lipinski definition) is 2. The monoisotopic (exact) mass is 347 g/mol. The zero-order valence-electron chi connectivity index (χ0n) is 14.2. The minimum atomic E-state index is -0.925. The van der Waals surface area contributed by atoms with E-state index in [1.807, 2.05) is 30.3 Å². The van der Waals surface area contributed by atoms with Crippen LogP contribution in [0.3, 0.4) is 0 Å². The summed E-state index contributed by atoms with van der Waals surface area (Å²) in [6.07, 6.45) is 3.93. The largest absolute Gasteiger partial charge is 0.497 e. The van der Waals surface area contributed by atoms with Crippen molar-refractivity contribution in [2.75, 3.05) is 7.11 Å². The highest BCUT2D eigenvalue weighted by atomic mass is 16.5. The number of H-pyrrole nitrogens is 1. The fourth-order valence-electron chi connectivity index (χ4n) is 3.22. The van der Waals surface area contributed by atoms with Gasteiger partial charge < -0.3 is 19.2 Å². The van der Waals surface area contributed by atoms with Crippen LogP contribution in [0.25, 0.3) is 22.2 Å². The number of aromatic amines is 1. The van der Waals surface area contributed by atoms with Crippen LogP contribution in [0.1, 0.15) is 21.5 Å². The molecule has 4 aromatic rings. The Morgan fingerprint density at radius 3 is 2.81 bits per heavy atom. The SMILES string of the molecule is COc1ccc2c(Cc3cccc(C(=O)O)c3)c(-c3ccoc3)[nH]c2c1. The van der Waals surface area contributed by atoms with Crippen LogP contribution < -0.4 is 4.74 Å². The third-order valence-corrected chi connectivity index (χ3v) is 4.48. The predicted octanol–water partition coefficient (Wildman–Crippen LogP) is 4.73. The van der Waals surface area contributed by atoms with Gasteiger partial charge in [-0.15, -0.1) is 0 Å². The maximum atomic E-state index is 11.3. The van der Waals surface area contributed by atoms with Gasteiger partial charge in [0.2, 0.25) is 0 Å². The molecule has 5 heteroatoms. The molecule has 0 saturated heterocycles. The Labute approximate surface area is 149 Å². The Morgan fingerprint density at radius 1 is 1.19 bits per heavy atom. The van der Waals surface area contributed by atoms with E-state index in [2.05, 4.69) is 4.98 Å². The third kappa shape index (κ3) is 2.84. The van der Waals surface area contributed by atoms with Crippen molar-refractivity contribution in [1.82, 2.24) is 4.98 Å². The Hall–Kier alpha value is -3.47. The molecule has 0 aliphatic heterocycles. The molecule has 4 rings (SSSR count). The number of carbonyl (C=O) groups is 1. The summed E-state index contributed by atoms with van der Waals surface area (Å²) in [4.78, 5) is 14.7. The van der Waals surface area contributed by atoms with Crippen molar-refractivity contribution in [3.8, 4) is 17.0 Å². The van der Waals surface area contributed by atoms with E-state index in [1.165, 1.54) is 0 Å². The molecule has 2 aromatic carbocycles. The maximum Gasteiger partial charge on any atom is 0.335 e. The Bertz CT molecular complexity index is 1080. The lowest BCUT2D eigenvalue weighted by molar-refractivity contribution is 0.0696. The van der Waals surface area contributed by atoms with Gasteiger partial charge >= 0.3 is 5.97 Å². The Balaban J connectivity index is 1.86. The summed E-state index contributed by atoms with van der Waals surface area (Å²) in [6.45, 7) is 0. The lowest BCUT2D eigenvalue weighted by Gasteiger charge is -2.06. The van der Waals surface area contributed by atoms with Gasteiger partial charge in [0.1, 0.15) is 5.75 Å². The van der Waals surface area contributed by atoms with Crippen LogP contribution in [0.4, 0.5) is 0 Å². The molecule has 26 heavy (non-hydrogen) atoms. The average molecular weight is 347 g/mol. The third-order valence-electron chi connectivity index (χ3n) is 4.48. The normalized spacial score (nSPS) is 11.0. The molecule has 2 N–H and O–H groups in total. The molecule has 2 aromatic heterocycles. The number of aromatic carboxylic acids is 1. The number of ether oxygens (including phenoxy) is 1. The van der Waals surface area contributed by atoms with E-state index in [1.54, 1.807) is 37.8 Å². The molecular weight excluding hydrogens is 330 g/mol. The minimum Gasteiger partial charge on any atom is -0.497 e. The molecule has 2 heterocycles. The molecule has 0 atom stereocenters. The number of hydrogen-bond acceptors (Lipinski definition) is 3. The van der Waals surface area contributed by atoms with E-state index in [0.29, 0.717) is 6.42 Å². The number of aromatic nitrogens is 1. The molecule has 0 aliphatic rings. The van der Waals surface area contributed by atoms with Gasteiger partial charge in [-0.2, -0.15) is 0 Å². The van der Waals surface area contributed by atoms with Crippen LogP contribution in [0.2, 0.25) is 0 Å². The second-order valence-electron chi connectivity index (χ2n) is 6.08. The van der Waals surface area contributed by atoms with E-state index in [-0.39, 0.29) is 5.56 Å². The molecular formula is C21H17NO4. The van der Waals surface area contributed by atoms with Crippen LogP contribution in [0, 0.1) is 0 Å². The first-order chi connectivity index (χ1) is 12.7. The van der Waals surface area contributed by atoms with Crippen molar-refractivity contribution >= 4 is 16.9 Å². The topological polar surface area (TPSA) is 75.5 Å². The van der Waals surface area contributed by atoms with E-state index in [9.17, 15) is 9.90 Å². The quantitative estimate of drug-likeness (QED) is 0.547. The molecule has 0 unspecified atom stereocenters. The summed E-state index contributed by atoms with van der Waals surface area (Å²) < 4.78 is 10.6. The van der Waals surface area contributed by atoms with Crippen LogP contribution in [-0.2, 0) is 6.42 Å². The molecule has 0 bridgehead atoms. The van der Waals surface area contributed by atoms with Crippen LogP contribution in [0.5, 0.6) is 5.75 Å². The first kappa shape index (κ1) is 16.0. The van der Waals surface area contributed by atoms with Crippen molar-refractivity contribution in [2.24, 2.45) is 0 Å².